The summed E-state index contributed by atoms with van der Waals surface area (Å²) in [7, 11) is 3.08. The minimum atomic E-state index is -0.738. The highest BCUT2D eigenvalue weighted by atomic mass is 79.9. The zero-order chi connectivity index (χ0) is 23.0. The fourth-order valence-corrected chi connectivity index (χ4v) is 3.55. The molecule has 166 valence electrons. The molecule has 0 heterocycles. The van der Waals surface area contributed by atoms with Crippen LogP contribution in [0.15, 0.2) is 46.0 Å². The van der Waals surface area contributed by atoms with Crippen molar-refractivity contribution in [1.29, 1.82) is 0 Å². The van der Waals surface area contributed by atoms with Crippen LogP contribution in [0.3, 0.4) is 0 Å². The van der Waals surface area contributed by atoms with E-state index in [4.69, 9.17) is 21.1 Å². The molecule has 2 rings (SSSR count). The summed E-state index contributed by atoms with van der Waals surface area (Å²) in [5.41, 5.74) is 3.61. The maximum Gasteiger partial charge on any atom is 0.262 e. The first kappa shape index (κ1) is 24.7. The van der Waals surface area contributed by atoms with Gasteiger partial charge in [0.1, 0.15) is 6.04 Å². The molecule has 31 heavy (non-hydrogen) atoms. The number of hydrogen-bond acceptors (Lipinski definition) is 5. The highest BCUT2D eigenvalue weighted by molar-refractivity contribution is 9.10. The van der Waals surface area contributed by atoms with Gasteiger partial charge in [-0.15, -0.1) is 0 Å². The fourth-order valence-electron chi connectivity index (χ4n) is 2.81. The van der Waals surface area contributed by atoms with Crippen molar-refractivity contribution in [2.45, 2.75) is 26.3 Å². The fraction of sp³-hybridized carbons (Fsp3) is 0.318. The molecule has 1 unspecified atom stereocenters. The van der Waals surface area contributed by atoms with Crippen LogP contribution >= 0.6 is 27.5 Å². The van der Waals surface area contributed by atoms with E-state index in [1.54, 1.807) is 43.5 Å². The number of hydrogen-bond donors (Lipinski definition) is 2. The Morgan fingerprint density at radius 1 is 1.16 bits per heavy atom. The first-order valence-electron chi connectivity index (χ1n) is 9.56. The minimum Gasteiger partial charge on any atom is -0.493 e. The summed E-state index contributed by atoms with van der Waals surface area (Å²) in [6, 6.07) is 9.24. The third-order valence-electron chi connectivity index (χ3n) is 4.28. The number of nitrogens with zero attached hydrogens (tertiary/aromatic N) is 1. The molecule has 2 aromatic carbocycles. The van der Waals surface area contributed by atoms with Gasteiger partial charge in [0.25, 0.3) is 11.8 Å². The van der Waals surface area contributed by atoms with Crippen LogP contribution in [0.5, 0.6) is 11.5 Å². The normalized spacial score (nSPS) is 12.0. The molecular weight excluding hydrogens is 486 g/mol. The molecule has 2 aromatic rings. The van der Waals surface area contributed by atoms with Crippen LogP contribution in [0, 0.1) is 5.92 Å². The van der Waals surface area contributed by atoms with Gasteiger partial charge in [0.15, 0.2) is 11.5 Å². The maximum absolute atomic E-state index is 12.7. The summed E-state index contributed by atoms with van der Waals surface area (Å²) in [5.74, 6) is 0.507. The van der Waals surface area contributed by atoms with Gasteiger partial charge in [-0.05, 0) is 70.2 Å². The van der Waals surface area contributed by atoms with Crippen molar-refractivity contribution in [2.75, 3.05) is 14.2 Å². The molecule has 0 spiro atoms. The lowest BCUT2D eigenvalue weighted by atomic mass is 10.0. The number of halogens is 2. The summed E-state index contributed by atoms with van der Waals surface area (Å²) in [4.78, 5) is 25.2. The van der Waals surface area contributed by atoms with E-state index < -0.39 is 11.9 Å². The van der Waals surface area contributed by atoms with Gasteiger partial charge < -0.3 is 14.8 Å². The van der Waals surface area contributed by atoms with Crippen molar-refractivity contribution in [3.63, 3.8) is 0 Å². The largest absolute Gasteiger partial charge is 0.493 e. The second-order valence-electron chi connectivity index (χ2n) is 7.13. The number of carbonyl (C=O) groups excluding carboxylic acids is 2. The molecule has 7 nitrogen and oxygen atoms in total. The number of methoxy groups -OCH3 is 2. The van der Waals surface area contributed by atoms with Gasteiger partial charge in [-0.25, -0.2) is 5.43 Å². The van der Waals surface area contributed by atoms with Gasteiger partial charge in [0.2, 0.25) is 0 Å². The van der Waals surface area contributed by atoms with E-state index in [1.165, 1.54) is 13.3 Å². The molecule has 2 amide bonds. The number of amides is 2. The molecule has 0 bridgehead atoms. The van der Waals surface area contributed by atoms with Gasteiger partial charge >= 0.3 is 0 Å². The Morgan fingerprint density at radius 2 is 1.84 bits per heavy atom. The van der Waals surface area contributed by atoms with Crippen LogP contribution in [0.4, 0.5) is 0 Å². The lowest BCUT2D eigenvalue weighted by molar-refractivity contribution is -0.123. The first-order chi connectivity index (χ1) is 14.7. The van der Waals surface area contributed by atoms with E-state index in [2.05, 4.69) is 31.8 Å². The number of rotatable bonds is 9. The molecule has 0 aliphatic rings. The molecule has 0 aromatic heterocycles. The van der Waals surface area contributed by atoms with Crippen LogP contribution in [0.1, 0.15) is 36.2 Å². The Bertz CT molecular complexity index is 949. The Balaban J connectivity index is 2.09. The highest BCUT2D eigenvalue weighted by Crippen LogP contribution is 2.35. The topological polar surface area (TPSA) is 89.0 Å². The second kappa shape index (κ2) is 11.7. The summed E-state index contributed by atoms with van der Waals surface area (Å²) < 4.78 is 11.3. The van der Waals surface area contributed by atoms with Crippen molar-refractivity contribution < 1.29 is 19.1 Å². The summed E-state index contributed by atoms with van der Waals surface area (Å²) >= 11 is 9.28. The third-order valence-corrected chi connectivity index (χ3v) is 5.12. The zero-order valence-electron chi connectivity index (χ0n) is 17.7. The molecule has 0 saturated heterocycles. The number of benzene rings is 2. The molecule has 9 heteroatoms. The molecule has 0 aliphatic heterocycles. The van der Waals surface area contributed by atoms with E-state index in [0.717, 1.165) is 0 Å². The van der Waals surface area contributed by atoms with Crippen molar-refractivity contribution in [2.24, 2.45) is 11.0 Å². The minimum absolute atomic E-state index is 0.187. The molecule has 0 fully saturated rings. The molecule has 0 radical (unpaired) electrons. The lowest BCUT2D eigenvalue weighted by Gasteiger charge is -2.19. The van der Waals surface area contributed by atoms with E-state index in [-0.39, 0.29) is 11.8 Å². The second-order valence-corrected chi connectivity index (χ2v) is 8.43. The van der Waals surface area contributed by atoms with Crippen LogP contribution in [0.25, 0.3) is 0 Å². The lowest BCUT2D eigenvalue weighted by Crippen LogP contribution is -2.46. The third kappa shape index (κ3) is 7.25. The van der Waals surface area contributed by atoms with Gasteiger partial charge in [-0.3, -0.25) is 9.59 Å². The Labute approximate surface area is 195 Å². The molecule has 1 atom stereocenters. The summed E-state index contributed by atoms with van der Waals surface area (Å²) in [6.45, 7) is 3.94. The average Bonchev–Trinajstić information content (AvgIpc) is 2.72. The number of nitrogens with one attached hydrogen (secondary N) is 2. The highest BCUT2D eigenvalue weighted by Gasteiger charge is 2.22. The van der Waals surface area contributed by atoms with Gasteiger partial charge in [0.05, 0.1) is 24.9 Å². The molecule has 0 saturated carbocycles. The van der Waals surface area contributed by atoms with Gasteiger partial charge in [-0.1, -0.05) is 25.4 Å². The van der Waals surface area contributed by atoms with E-state index in [0.29, 0.717) is 38.5 Å². The molecular formula is C22H25BrClN3O4. The predicted octanol–water partition coefficient (Wildman–Crippen LogP) is 4.41. The SMILES string of the molecule is COc1cc(/C=N/NC(=O)C(CC(C)C)NC(=O)c2ccc(Cl)cc2)cc(Br)c1OC. The monoisotopic (exact) mass is 509 g/mol. The number of hydrazone groups is 1. The van der Waals surface area contributed by atoms with Crippen LogP contribution in [-0.4, -0.2) is 38.3 Å². The Morgan fingerprint density at radius 3 is 2.42 bits per heavy atom. The van der Waals surface area contributed by atoms with E-state index >= 15 is 0 Å². The smallest absolute Gasteiger partial charge is 0.262 e. The number of ether oxygens (including phenoxy) is 2. The summed E-state index contributed by atoms with van der Waals surface area (Å²) in [6.07, 6.45) is 1.95. The van der Waals surface area contributed by atoms with E-state index in [1.807, 2.05) is 13.8 Å². The van der Waals surface area contributed by atoms with E-state index in [9.17, 15) is 9.59 Å². The van der Waals surface area contributed by atoms with Crippen molar-refractivity contribution in [3.05, 3.63) is 57.0 Å². The standard InChI is InChI=1S/C22H25BrClN3O4/c1-13(2)9-18(26-21(28)15-5-7-16(24)8-6-15)22(29)27-25-12-14-10-17(23)20(31-4)19(11-14)30-3/h5-8,10-13,18H,9H2,1-4H3,(H,26,28)(H,27,29)/b25-12+. The van der Waals surface area contributed by atoms with Crippen LogP contribution in [-0.2, 0) is 4.79 Å². The predicted molar refractivity (Wildman–Crippen MR) is 125 cm³/mol. The first-order valence-corrected chi connectivity index (χ1v) is 10.7. The average molecular weight is 511 g/mol. The molecule has 2 N–H and O–H groups in total. The number of carbonyl (C=O) groups is 2. The van der Waals surface area contributed by atoms with Gasteiger partial charge in [-0.2, -0.15) is 5.10 Å². The molecule has 0 aliphatic carbocycles. The van der Waals surface area contributed by atoms with Crippen LogP contribution in [0.2, 0.25) is 5.02 Å². The van der Waals surface area contributed by atoms with Crippen molar-refractivity contribution in [1.82, 2.24) is 10.7 Å². The maximum atomic E-state index is 12.7. The van der Waals surface area contributed by atoms with Gasteiger partial charge in [0, 0.05) is 10.6 Å². The zero-order valence-corrected chi connectivity index (χ0v) is 20.1. The Hall–Kier alpha value is -2.58. The summed E-state index contributed by atoms with van der Waals surface area (Å²) in [5, 5.41) is 7.32. The Kier molecular flexibility index (Phi) is 9.33. The van der Waals surface area contributed by atoms with Crippen molar-refractivity contribution >= 4 is 45.6 Å². The van der Waals surface area contributed by atoms with Crippen LogP contribution < -0.4 is 20.2 Å². The van der Waals surface area contributed by atoms with Crippen molar-refractivity contribution in [3.8, 4) is 11.5 Å². The quantitative estimate of drug-likeness (QED) is 0.386.